The number of aliphatic hydroxyl groups is 1. The first-order valence-electron chi connectivity index (χ1n) is 11.6. The molecule has 13 heteroatoms. The van der Waals surface area contributed by atoms with Gasteiger partial charge in [0.05, 0.1) is 13.2 Å². The number of carbonyl (C=O) groups excluding carboxylic acids is 3. The molecule has 3 rings (SSSR count). The fourth-order valence-electron chi connectivity index (χ4n) is 4.28. The Kier molecular flexibility index (Phi) is 8.59. The second kappa shape index (κ2) is 11.3. The van der Waals surface area contributed by atoms with Crippen LogP contribution in [0.2, 0.25) is 0 Å². The molecule has 12 nitrogen and oxygen atoms in total. The molecule has 36 heavy (non-hydrogen) atoms. The third-order valence-corrected chi connectivity index (χ3v) is 7.03. The number of hydrogen-bond donors (Lipinski definition) is 6. The van der Waals surface area contributed by atoms with Crippen LogP contribution < -0.4 is 20.7 Å². The van der Waals surface area contributed by atoms with Gasteiger partial charge >= 0.3 is 0 Å². The molecule has 1 aromatic carbocycles. The van der Waals surface area contributed by atoms with E-state index in [1.165, 1.54) is 7.11 Å². The van der Waals surface area contributed by atoms with Crippen LogP contribution >= 0.6 is 0 Å². The zero-order valence-corrected chi connectivity index (χ0v) is 21.1. The summed E-state index contributed by atoms with van der Waals surface area (Å²) in [4.78, 5) is 41.1. The van der Waals surface area contributed by atoms with Gasteiger partial charge in [-0.2, -0.15) is 8.42 Å². The van der Waals surface area contributed by atoms with Gasteiger partial charge < -0.3 is 30.8 Å². The summed E-state index contributed by atoms with van der Waals surface area (Å²) in [5, 5.41) is 18.6. The van der Waals surface area contributed by atoms with Gasteiger partial charge in [-0.3, -0.25) is 18.9 Å². The van der Waals surface area contributed by atoms with Crippen LogP contribution in [-0.2, 0) is 19.7 Å². The number of ether oxygens (including phenoxy) is 1. The van der Waals surface area contributed by atoms with Crippen molar-refractivity contribution in [3.63, 3.8) is 0 Å². The van der Waals surface area contributed by atoms with Gasteiger partial charge in [-0.1, -0.05) is 19.9 Å². The normalized spacial score (nSPS) is 18.5. The van der Waals surface area contributed by atoms with Crippen molar-refractivity contribution >= 4 is 38.7 Å². The molecule has 1 fully saturated rings. The second-order valence-corrected chi connectivity index (χ2v) is 10.8. The number of nitrogens with one attached hydrogen (secondary N) is 4. The molecule has 1 saturated heterocycles. The molecule has 198 valence electrons. The highest BCUT2D eigenvalue weighted by Gasteiger charge is 2.38. The van der Waals surface area contributed by atoms with Crippen LogP contribution in [-0.4, -0.2) is 72.0 Å². The van der Waals surface area contributed by atoms with Crippen LogP contribution in [0.4, 0.5) is 0 Å². The molecule has 1 aliphatic rings. The Morgan fingerprint density at radius 3 is 2.56 bits per heavy atom. The smallest absolute Gasteiger partial charge is 0.294 e. The van der Waals surface area contributed by atoms with Crippen molar-refractivity contribution in [3.8, 4) is 5.75 Å². The summed E-state index contributed by atoms with van der Waals surface area (Å²) in [6, 6.07) is 4.33. The highest BCUT2D eigenvalue weighted by molar-refractivity contribution is 7.86. The minimum absolute atomic E-state index is 0.0329. The zero-order valence-electron chi connectivity index (χ0n) is 20.3. The van der Waals surface area contributed by atoms with Gasteiger partial charge in [-0.25, -0.2) is 0 Å². The molecular formula is C23H32N4O8S. The van der Waals surface area contributed by atoms with Crippen molar-refractivity contribution < 1.29 is 37.2 Å². The Labute approximate surface area is 208 Å². The van der Waals surface area contributed by atoms with Crippen molar-refractivity contribution in [2.45, 2.75) is 50.6 Å². The molecule has 0 bridgehead atoms. The number of aromatic nitrogens is 1. The molecule has 0 radical (unpaired) electrons. The molecule has 1 aromatic heterocycles. The van der Waals surface area contributed by atoms with Gasteiger partial charge in [0.1, 0.15) is 17.5 Å². The van der Waals surface area contributed by atoms with E-state index in [1.807, 2.05) is 13.8 Å². The summed E-state index contributed by atoms with van der Waals surface area (Å²) in [6.07, 6.45) is 0.391. The maximum absolute atomic E-state index is 13.2. The topological polar surface area (TPSA) is 187 Å². The van der Waals surface area contributed by atoms with Crippen molar-refractivity contribution in [2.75, 3.05) is 13.7 Å². The summed E-state index contributed by atoms with van der Waals surface area (Å²) >= 11 is 0. The lowest BCUT2D eigenvalue weighted by atomic mass is 9.97. The predicted molar refractivity (Wildman–Crippen MR) is 131 cm³/mol. The number of amides is 3. The van der Waals surface area contributed by atoms with Crippen molar-refractivity contribution in [1.29, 1.82) is 0 Å². The predicted octanol–water partition coefficient (Wildman–Crippen LogP) is 0.538. The average Bonchev–Trinajstić information content (AvgIpc) is 3.42. The number of H-pyrrole nitrogens is 1. The third-order valence-electron chi connectivity index (χ3n) is 6.10. The number of hydrogen-bond acceptors (Lipinski definition) is 7. The van der Waals surface area contributed by atoms with E-state index in [9.17, 15) is 32.5 Å². The summed E-state index contributed by atoms with van der Waals surface area (Å²) in [5.41, 5.74) is -1.49. The van der Waals surface area contributed by atoms with E-state index >= 15 is 0 Å². The molecule has 1 aliphatic heterocycles. The molecule has 2 heterocycles. The number of carbonyl (C=O) groups is 3. The van der Waals surface area contributed by atoms with Crippen LogP contribution in [0.25, 0.3) is 10.9 Å². The molecule has 3 unspecified atom stereocenters. The van der Waals surface area contributed by atoms with Gasteiger partial charge in [0.2, 0.25) is 17.3 Å². The number of benzene rings is 1. The SMILES string of the molecule is COc1cccc2[nH]c(C(=O)NC(CC(C)C)C(=O)NC(C[C@@H]3CCNC3=O)C(O)S(=O)(=O)O)cc12. The average molecular weight is 525 g/mol. The van der Waals surface area contributed by atoms with E-state index in [2.05, 4.69) is 20.9 Å². The Morgan fingerprint density at radius 2 is 1.97 bits per heavy atom. The molecule has 0 saturated carbocycles. The second-order valence-electron chi connectivity index (χ2n) is 9.29. The van der Waals surface area contributed by atoms with E-state index < -0.39 is 45.4 Å². The van der Waals surface area contributed by atoms with Crippen LogP contribution in [0.1, 0.15) is 43.6 Å². The molecule has 2 aromatic rings. The van der Waals surface area contributed by atoms with Crippen LogP contribution in [0.5, 0.6) is 5.75 Å². The fraction of sp³-hybridized carbons (Fsp3) is 0.522. The summed E-state index contributed by atoms with van der Waals surface area (Å²) in [6.45, 7) is 4.06. The van der Waals surface area contributed by atoms with E-state index in [-0.39, 0.29) is 30.4 Å². The lowest BCUT2D eigenvalue weighted by molar-refractivity contribution is -0.126. The van der Waals surface area contributed by atoms with Crippen molar-refractivity contribution in [3.05, 3.63) is 30.0 Å². The summed E-state index contributed by atoms with van der Waals surface area (Å²) in [5.74, 6) is -1.77. The van der Waals surface area contributed by atoms with Crippen LogP contribution in [0.3, 0.4) is 0 Å². The molecule has 6 N–H and O–H groups in total. The lowest BCUT2D eigenvalue weighted by Gasteiger charge is -2.27. The summed E-state index contributed by atoms with van der Waals surface area (Å²) < 4.78 is 38.0. The van der Waals surface area contributed by atoms with Crippen molar-refractivity contribution in [1.82, 2.24) is 20.9 Å². The molecule has 0 aliphatic carbocycles. The Bertz CT molecular complexity index is 1230. The first kappa shape index (κ1) is 27.4. The van der Waals surface area contributed by atoms with E-state index in [1.54, 1.807) is 24.3 Å². The highest BCUT2D eigenvalue weighted by atomic mass is 32.2. The number of fused-ring (bicyclic) bond motifs is 1. The van der Waals surface area contributed by atoms with Crippen LogP contribution in [0, 0.1) is 11.8 Å². The van der Waals surface area contributed by atoms with Gasteiger partial charge in [0.15, 0.2) is 0 Å². The van der Waals surface area contributed by atoms with Gasteiger partial charge in [-0.15, -0.1) is 0 Å². The first-order chi connectivity index (χ1) is 16.9. The van der Waals surface area contributed by atoms with E-state index in [0.29, 0.717) is 29.6 Å². The Morgan fingerprint density at radius 1 is 1.25 bits per heavy atom. The minimum Gasteiger partial charge on any atom is -0.496 e. The van der Waals surface area contributed by atoms with E-state index in [0.717, 1.165) is 0 Å². The van der Waals surface area contributed by atoms with Gasteiger partial charge in [0, 0.05) is 23.4 Å². The zero-order chi connectivity index (χ0) is 26.6. The molecule has 0 spiro atoms. The monoisotopic (exact) mass is 524 g/mol. The minimum atomic E-state index is -4.94. The quantitative estimate of drug-likeness (QED) is 0.230. The molecular weight excluding hydrogens is 492 g/mol. The Hall–Kier alpha value is -3.16. The maximum atomic E-state index is 13.2. The highest BCUT2D eigenvalue weighted by Crippen LogP contribution is 2.26. The standard InChI is InChI=1S/C23H32N4O8S/c1-12(2)9-16(26-22(30)17-11-14-15(25-17)5-4-6-19(14)35-3)21(29)27-18(23(31)36(32,33)34)10-13-7-8-24-20(13)28/h4-6,11-13,16,18,23,25,31H,7-10H2,1-3H3,(H,24,28)(H,26,30)(H,27,29)(H,32,33,34)/t13-,16?,18?,23?/m0/s1. The van der Waals surface area contributed by atoms with Crippen LogP contribution in [0.15, 0.2) is 24.3 Å². The Balaban J connectivity index is 1.80. The van der Waals surface area contributed by atoms with Crippen molar-refractivity contribution in [2.24, 2.45) is 11.8 Å². The van der Waals surface area contributed by atoms with Gasteiger partial charge in [-0.05, 0) is 43.4 Å². The molecule has 3 amide bonds. The molecule has 4 atom stereocenters. The summed E-state index contributed by atoms with van der Waals surface area (Å²) in [7, 11) is -3.43. The third kappa shape index (κ3) is 6.53. The van der Waals surface area contributed by atoms with Gasteiger partial charge in [0.25, 0.3) is 16.0 Å². The number of aliphatic hydroxyl groups excluding tert-OH is 1. The fourth-order valence-corrected chi connectivity index (χ4v) is 4.87. The number of rotatable bonds is 11. The largest absolute Gasteiger partial charge is 0.496 e. The number of methoxy groups -OCH3 is 1. The van der Waals surface area contributed by atoms with E-state index in [4.69, 9.17) is 4.74 Å². The lowest BCUT2D eigenvalue weighted by Crippen LogP contribution is -2.54. The maximum Gasteiger partial charge on any atom is 0.294 e. The first-order valence-corrected chi connectivity index (χ1v) is 13.1. The number of aromatic amines is 1.